The van der Waals surface area contributed by atoms with Crippen LogP contribution >= 0.6 is 12.2 Å². The van der Waals surface area contributed by atoms with Crippen LogP contribution in [0.1, 0.15) is 12.5 Å². The maximum absolute atomic E-state index is 13.5. The highest BCUT2D eigenvalue weighted by Crippen LogP contribution is 2.39. The van der Waals surface area contributed by atoms with Crippen molar-refractivity contribution < 1.29 is 9.53 Å². The minimum absolute atomic E-state index is 0.124. The summed E-state index contributed by atoms with van der Waals surface area (Å²) < 4.78 is 5.95. The fourth-order valence-corrected chi connectivity index (χ4v) is 3.51. The van der Waals surface area contributed by atoms with E-state index in [9.17, 15) is 4.79 Å². The van der Waals surface area contributed by atoms with Crippen molar-refractivity contribution in [1.82, 2.24) is 5.01 Å². The highest BCUT2D eigenvalue weighted by Gasteiger charge is 2.52. The summed E-state index contributed by atoms with van der Waals surface area (Å²) in [5, 5.41) is 3.35. The predicted octanol–water partition coefficient (Wildman–Crippen LogP) is 4.80. The quantitative estimate of drug-likeness (QED) is 0.614. The maximum Gasteiger partial charge on any atom is 0.298 e. The number of hydrogen-bond acceptors (Lipinski definition) is 4. The van der Waals surface area contributed by atoms with Gasteiger partial charge in [0.25, 0.3) is 11.1 Å². The van der Waals surface area contributed by atoms with E-state index in [0.717, 1.165) is 16.9 Å². The van der Waals surface area contributed by atoms with Gasteiger partial charge >= 0.3 is 0 Å². The van der Waals surface area contributed by atoms with Crippen LogP contribution in [-0.2, 0) is 15.1 Å². The van der Waals surface area contributed by atoms with Crippen LogP contribution in [0.4, 0.5) is 11.4 Å². The molecule has 3 aromatic carbocycles. The zero-order chi connectivity index (χ0) is 18.9. The molecule has 1 atom stereocenters. The first-order valence-corrected chi connectivity index (χ1v) is 9.05. The summed E-state index contributed by atoms with van der Waals surface area (Å²) in [7, 11) is 0. The number of anilines is 2. The molecule has 1 saturated heterocycles. The highest BCUT2D eigenvalue weighted by atomic mass is 32.1. The number of carbonyl (C=O) groups excluding carboxylic acids is 1. The van der Waals surface area contributed by atoms with Crippen LogP contribution < -0.4 is 5.01 Å². The molecule has 0 N–H and O–H groups in total. The van der Waals surface area contributed by atoms with Crippen LogP contribution in [0, 0.1) is 0 Å². The molecule has 4 nitrogen and oxygen atoms in total. The van der Waals surface area contributed by atoms with Gasteiger partial charge in [-0.15, -0.1) is 0 Å². The number of hydrogen-bond donors (Lipinski definition) is 0. The molecule has 134 valence electrons. The molecule has 0 aromatic heterocycles. The predicted molar refractivity (Wildman–Crippen MR) is 109 cm³/mol. The number of carbonyl (C=O) groups is 1. The smallest absolute Gasteiger partial charge is 0.298 e. The van der Waals surface area contributed by atoms with Crippen molar-refractivity contribution in [1.29, 1.82) is 0 Å². The second kappa shape index (κ2) is 6.85. The summed E-state index contributed by atoms with van der Waals surface area (Å²) in [5.41, 5.74) is 1.24. The third-order valence-electron chi connectivity index (χ3n) is 4.59. The summed E-state index contributed by atoms with van der Waals surface area (Å²) in [6.45, 7) is 1.76. The molecule has 1 aliphatic rings. The molecule has 4 rings (SSSR count). The molecular weight excluding hydrogens is 356 g/mol. The van der Waals surface area contributed by atoms with Gasteiger partial charge in [-0.25, -0.2) is 5.01 Å². The molecule has 1 unspecified atom stereocenters. The molecule has 1 aliphatic heterocycles. The van der Waals surface area contributed by atoms with Crippen molar-refractivity contribution in [2.75, 3.05) is 5.01 Å². The van der Waals surface area contributed by atoms with E-state index in [0.29, 0.717) is 0 Å². The number of benzene rings is 3. The molecule has 3 aromatic rings. The van der Waals surface area contributed by atoms with E-state index in [1.54, 1.807) is 11.9 Å². The monoisotopic (exact) mass is 374 g/mol. The molecule has 27 heavy (non-hydrogen) atoms. The number of para-hydroxylation sites is 2. The average molecular weight is 374 g/mol. The number of thiocarbonyl (C=S) groups is 1. The van der Waals surface area contributed by atoms with Gasteiger partial charge in [0.15, 0.2) is 0 Å². The molecule has 0 radical (unpaired) electrons. The van der Waals surface area contributed by atoms with Gasteiger partial charge in [0.2, 0.25) is 5.60 Å². The summed E-state index contributed by atoms with van der Waals surface area (Å²) in [4.78, 5) is 13.5. The van der Waals surface area contributed by atoms with Crippen molar-refractivity contribution in [3.63, 3.8) is 0 Å². The number of ether oxygens (including phenoxy) is 1. The number of nitrogens with zero attached hydrogens (tertiary/aromatic N) is 2. The number of amides is 1. The Labute approximate surface area is 163 Å². The Balaban J connectivity index is 1.81. The van der Waals surface area contributed by atoms with Crippen molar-refractivity contribution in [3.05, 3.63) is 96.6 Å². The van der Waals surface area contributed by atoms with Crippen LogP contribution in [0.15, 0.2) is 91.0 Å². The normalized spacial score (nSPS) is 19.1. The highest BCUT2D eigenvalue weighted by molar-refractivity contribution is 7.80. The van der Waals surface area contributed by atoms with Gasteiger partial charge in [0.1, 0.15) is 0 Å². The Hall–Kier alpha value is -3.18. The molecule has 5 heteroatoms. The first-order chi connectivity index (χ1) is 13.1. The van der Waals surface area contributed by atoms with Gasteiger partial charge in [-0.3, -0.25) is 4.79 Å². The van der Waals surface area contributed by atoms with Gasteiger partial charge in [-0.05, 0) is 43.4 Å². The van der Waals surface area contributed by atoms with Crippen LogP contribution in [0.25, 0.3) is 0 Å². The number of rotatable bonds is 4. The summed E-state index contributed by atoms with van der Waals surface area (Å²) >= 11 is 5.48. The Morgan fingerprint density at radius 3 is 1.74 bits per heavy atom. The van der Waals surface area contributed by atoms with Crippen molar-refractivity contribution in [2.24, 2.45) is 0 Å². The van der Waals surface area contributed by atoms with Crippen molar-refractivity contribution >= 4 is 34.7 Å². The first kappa shape index (κ1) is 17.2. The van der Waals surface area contributed by atoms with E-state index in [1.165, 1.54) is 5.01 Å². The van der Waals surface area contributed by atoms with Crippen LogP contribution in [0.5, 0.6) is 0 Å². The molecule has 0 spiro atoms. The molecule has 1 amide bonds. The molecular formula is C22H18N2O2S. The Kier molecular flexibility index (Phi) is 4.38. The Morgan fingerprint density at radius 1 is 0.815 bits per heavy atom. The first-order valence-electron chi connectivity index (χ1n) is 8.64. The molecule has 1 heterocycles. The lowest BCUT2D eigenvalue weighted by Crippen LogP contribution is -2.46. The van der Waals surface area contributed by atoms with Gasteiger partial charge in [0.05, 0.1) is 11.4 Å². The van der Waals surface area contributed by atoms with Crippen LogP contribution in [-0.4, -0.2) is 16.1 Å². The van der Waals surface area contributed by atoms with E-state index >= 15 is 0 Å². The van der Waals surface area contributed by atoms with E-state index in [2.05, 4.69) is 0 Å². The minimum Gasteiger partial charge on any atom is -0.448 e. The maximum atomic E-state index is 13.5. The topological polar surface area (TPSA) is 32.8 Å². The van der Waals surface area contributed by atoms with Crippen molar-refractivity contribution in [2.45, 2.75) is 12.5 Å². The van der Waals surface area contributed by atoms with Crippen molar-refractivity contribution in [3.8, 4) is 0 Å². The lowest BCUT2D eigenvalue weighted by Gasteiger charge is -2.32. The van der Waals surface area contributed by atoms with E-state index in [4.69, 9.17) is 17.0 Å². The Morgan fingerprint density at radius 2 is 1.26 bits per heavy atom. The summed E-state index contributed by atoms with van der Waals surface area (Å²) in [6, 6.07) is 28.7. The lowest BCUT2D eigenvalue weighted by molar-refractivity contribution is -0.136. The van der Waals surface area contributed by atoms with Gasteiger partial charge in [-0.2, -0.15) is 5.01 Å². The zero-order valence-electron chi connectivity index (χ0n) is 14.8. The van der Waals surface area contributed by atoms with E-state index < -0.39 is 5.60 Å². The third-order valence-corrected chi connectivity index (χ3v) is 4.85. The molecule has 0 aliphatic carbocycles. The zero-order valence-corrected chi connectivity index (χ0v) is 15.6. The van der Waals surface area contributed by atoms with E-state index in [1.807, 2.05) is 91.0 Å². The fourth-order valence-electron chi connectivity index (χ4n) is 3.18. The van der Waals surface area contributed by atoms with E-state index in [-0.39, 0.29) is 11.1 Å². The standard InChI is InChI=1S/C22H18N2O2S/c1-22(17-11-5-2-6-12-17)20(25)24(21(27)26-22)23(18-13-7-3-8-14-18)19-15-9-4-10-16-19/h2-16H,1H3. The third kappa shape index (κ3) is 2.96. The Bertz CT molecular complexity index is 924. The van der Waals surface area contributed by atoms with Gasteiger partial charge in [0, 0.05) is 5.56 Å². The van der Waals surface area contributed by atoms with Gasteiger partial charge < -0.3 is 4.74 Å². The van der Waals surface area contributed by atoms with Crippen LogP contribution in [0.2, 0.25) is 0 Å². The second-order valence-corrected chi connectivity index (χ2v) is 6.72. The van der Waals surface area contributed by atoms with Crippen LogP contribution in [0.3, 0.4) is 0 Å². The second-order valence-electron chi connectivity index (χ2n) is 6.37. The summed E-state index contributed by atoms with van der Waals surface area (Å²) in [5.74, 6) is -0.230. The van der Waals surface area contributed by atoms with Gasteiger partial charge in [-0.1, -0.05) is 66.7 Å². The molecule has 0 saturated carbocycles. The molecule has 0 bridgehead atoms. The fraction of sp³-hybridized carbons (Fsp3) is 0.0909. The SMILES string of the molecule is CC1(c2ccccc2)OC(=S)N(N(c2ccccc2)c2ccccc2)C1=O. The minimum atomic E-state index is -1.17. The largest absolute Gasteiger partial charge is 0.448 e. The number of hydrazine groups is 1. The average Bonchev–Trinajstić information content (AvgIpc) is 2.95. The molecule has 1 fully saturated rings. The lowest BCUT2D eigenvalue weighted by atomic mass is 9.95. The summed E-state index contributed by atoms with van der Waals surface area (Å²) in [6.07, 6.45) is 0.